The van der Waals surface area contributed by atoms with Gasteiger partial charge in [-0.1, -0.05) is 0 Å². The quantitative estimate of drug-likeness (QED) is 0.838. The number of hydrogen-bond acceptors (Lipinski definition) is 3. The Labute approximate surface area is 115 Å². The van der Waals surface area contributed by atoms with Crippen LogP contribution >= 0.6 is 0 Å². The first-order chi connectivity index (χ1) is 8.93. The molecule has 3 nitrogen and oxygen atoms in total. The standard InChI is InChI=1S/C16H24O3/c1-10-11(2)15-13(12(3)14(10)18-6)7-8-16(4,19-15)9-17-5/h7-9H2,1-6H3. The summed E-state index contributed by atoms with van der Waals surface area (Å²) in [5.74, 6) is 2.02. The average Bonchev–Trinajstić information content (AvgIpc) is 2.37. The van der Waals surface area contributed by atoms with Crippen molar-refractivity contribution in [2.24, 2.45) is 0 Å². The topological polar surface area (TPSA) is 27.7 Å². The van der Waals surface area contributed by atoms with Gasteiger partial charge in [-0.2, -0.15) is 0 Å². The summed E-state index contributed by atoms with van der Waals surface area (Å²) in [5, 5.41) is 0. The second kappa shape index (κ2) is 5.04. The van der Waals surface area contributed by atoms with E-state index in [-0.39, 0.29) is 5.60 Å². The molecule has 1 aromatic carbocycles. The summed E-state index contributed by atoms with van der Waals surface area (Å²) in [6, 6.07) is 0. The molecule has 0 saturated heterocycles. The van der Waals surface area contributed by atoms with Crippen molar-refractivity contribution in [1.29, 1.82) is 0 Å². The third-order valence-electron chi connectivity index (χ3n) is 4.22. The Morgan fingerprint density at radius 2 is 1.79 bits per heavy atom. The SMILES string of the molecule is COCC1(C)CCc2c(C)c(OC)c(C)c(C)c2O1. The second-order valence-corrected chi connectivity index (χ2v) is 5.70. The molecular formula is C16H24O3. The Morgan fingerprint density at radius 3 is 2.37 bits per heavy atom. The van der Waals surface area contributed by atoms with Crippen molar-refractivity contribution in [1.82, 2.24) is 0 Å². The second-order valence-electron chi connectivity index (χ2n) is 5.70. The van der Waals surface area contributed by atoms with Crippen molar-refractivity contribution in [2.45, 2.75) is 46.1 Å². The lowest BCUT2D eigenvalue weighted by molar-refractivity contribution is -0.0112. The van der Waals surface area contributed by atoms with Crippen molar-refractivity contribution in [3.63, 3.8) is 0 Å². The highest BCUT2D eigenvalue weighted by Crippen LogP contribution is 2.43. The molecule has 1 heterocycles. The lowest BCUT2D eigenvalue weighted by Gasteiger charge is -2.37. The first-order valence-electron chi connectivity index (χ1n) is 6.78. The summed E-state index contributed by atoms with van der Waals surface area (Å²) in [4.78, 5) is 0. The first kappa shape index (κ1) is 14.2. The molecular weight excluding hydrogens is 240 g/mol. The summed E-state index contributed by atoms with van der Waals surface area (Å²) >= 11 is 0. The van der Waals surface area contributed by atoms with Gasteiger partial charge in [0.25, 0.3) is 0 Å². The maximum absolute atomic E-state index is 6.27. The lowest BCUT2D eigenvalue weighted by atomic mass is 9.87. The molecule has 1 aromatic rings. The highest BCUT2D eigenvalue weighted by Gasteiger charge is 2.34. The third-order valence-corrected chi connectivity index (χ3v) is 4.22. The Balaban J connectivity index is 2.51. The van der Waals surface area contributed by atoms with E-state index in [1.54, 1.807) is 14.2 Å². The minimum Gasteiger partial charge on any atom is -0.496 e. The van der Waals surface area contributed by atoms with E-state index in [1.807, 2.05) is 0 Å². The smallest absolute Gasteiger partial charge is 0.130 e. The molecule has 0 aliphatic carbocycles. The minimum atomic E-state index is -0.222. The molecule has 1 atom stereocenters. The number of fused-ring (bicyclic) bond motifs is 1. The van der Waals surface area contributed by atoms with Crippen molar-refractivity contribution in [3.8, 4) is 11.5 Å². The van der Waals surface area contributed by atoms with Crippen LogP contribution in [0.1, 0.15) is 35.6 Å². The van der Waals surface area contributed by atoms with E-state index in [9.17, 15) is 0 Å². The van der Waals surface area contributed by atoms with E-state index in [0.29, 0.717) is 6.61 Å². The Kier molecular flexibility index (Phi) is 3.77. The predicted molar refractivity (Wildman–Crippen MR) is 76.4 cm³/mol. The van der Waals surface area contributed by atoms with E-state index in [0.717, 1.165) is 24.3 Å². The molecule has 1 aliphatic rings. The summed E-state index contributed by atoms with van der Waals surface area (Å²) < 4.78 is 17.1. The van der Waals surface area contributed by atoms with Crippen LogP contribution in [-0.2, 0) is 11.2 Å². The van der Waals surface area contributed by atoms with Gasteiger partial charge in [-0.05, 0) is 57.2 Å². The van der Waals surface area contributed by atoms with Gasteiger partial charge in [0.05, 0.1) is 13.7 Å². The Hall–Kier alpha value is -1.22. The zero-order valence-electron chi connectivity index (χ0n) is 12.8. The van der Waals surface area contributed by atoms with E-state index in [2.05, 4.69) is 27.7 Å². The average molecular weight is 264 g/mol. The Morgan fingerprint density at radius 1 is 1.11 bits per heavy atom. The maximum atomic E-state index is 6.27. The molecule has 0 aromatic heterocycles. The van der Waals surface area contributed by atoms with Crippen LogP contribution < -0.4 is 9.47 Å². The van der Waals surface area contributed by atoms with Gasteiger partial charge in [0.2, 0.25) is 0 Å². The van der Waals surface area contributed by atoms with Crippen molar-refractivity contribution in [2.75, 3.05) is 20.8 Å². The maximum Gasteiger partial charge on any atom is 0.130 e. The minimum absolute atomic E-state index is 0.222. The van der Waals surface area contributed by atoms with Gasteiger partial charge in [0, 0.05) is 12.7 Å². The van der Waals surface area contributed by atoms with Crippen LogP contribution in [0.2, 0.25) is 0 Å². The van der Waals surface area contributed by atoms with Crippen LogP contribution in [0.4, 0.5) is 0 Å². The molecule has 2 rings (SSSR count). The molecule has 0 amide bonds. The van der Waals surface area contributed by atoms with Crippen molar-refractivity contribution < 1.29 is 14.2 Å². The summed E-state index contributed by atoms with van der Waals surface area (Å²) in [5.41, 5.74) is 4.62. The van der Waals surface area contributed by atoms with Crippen LogP contribution in [0.15, 0.2) is 0 Å². The summed E-state index contributed by atoms with van der Waals surface area (Å²) in [7, 11) is 3.46. The van der Waals surface area contributed by atoms with Gasteiger partial charge >= 0.3 is 0 Å². The lowest BCUT2D eigenvalue weighted by Crippen LogP contribution is -2.41. The van der Waals surface area contributed by atoms with Crippen molar-refractivity contribution in [3.05, 3.63) is 22.3 Å². The monoisotopic (exact) mass is 264 g/mol. The molecule has 106 valence electrons. The zero-order chi connectivity index (χ0) is 14.2. The molecule has 0 bridgehead atoms. The molecule has 1 aliphatic heterocycles. The van der Waals surface area contributed by atoms with Crippen LogP contribution in [0.3, 0.4) is 0 Å². The van der Waals surface area contributed by atoms with Crippen LogP contribution in [0.25, 0.3) is 0 Å². The number of methoxy groups -OCH3 is 2. The number of benzene rings is 1. The molecule has 1 unspecified atom stereocenters. The van der Waals surface area contributed by atoms with E-state index < -0.39 is 0 Å². The van der Waals surface area contributed by atoms with Crippen molar-refractivity contribution >= 4 is 0 Å². The summed E-state index contributed by atoms with van der Waals surface area (Å²) in [6.07, 6.45) is 1.98. The Bertz CT molecular complexity index is 494. The third kappa shape index (κ3) is 2.32. The van der Waals surface area contributed by atoms with Crippen LogP contribution in [0.5, 0.6) is 11.5 Å². The van der Waals surface area contributed by atoms with E-state index in [4.69, 9.17) is 14.2 Å². The fourth-order valence-electron chi connectivity index (χ4n) is 2.99. The molecule has 19 heavy (non-hydrogen) atoms. The van der Waals surface area contributed by atoms with Gasteiger partial charge in [-0.3, -0.25) is 0 Å². The van der Waals surface area contributed by atoms with E-state index >= 15 is 0 Å². The molecule has 3 heteroatoms. The number of hydrogen-bond donors (Lipinski definition) is 0. The largest absolute Gasteiger partial charge is 0.496 e. The van der Waals surface area contributed by atoms with Crippen LogP contribution in [0, 0.1) is 20.8 Å². The highest BCUT2D eigenvalue weighted by molar-refractivity contribution is 5.58. The zero-order valence-corrected chi connectivity index (χ0v) is 12.8. The van der Waals surface area contributed by atoms with Crippen LogP contribution in [-0.4, -0.2) is 26.4 Å². The number of rotatable bonds is 3. The normalized spacial score (nSPS) is 21.8. The highest BCUT2D eigenvalue weighted by atomic mass is 16.5. The van der Waals surface area contributed by atoms with E-state index in [1.165, 1.54) is 22.3 Å². The molecule has 0 N–H and O–H groups in total. The fraction of sp³-hybridized carbons (Fsp3) is 0.625. The van der Waals surface area contributed by atoms with Gasteiger partial charge in [0.1, 0.15) is 17.1 Å². The molecule has 0 radical (unpaired) electrons. The van der Waals surface area contributed by atoms with Gasteiger partial charge < -0.3 is 14.2 Å². The van der Waals surface area contributed by atoms with Gasteiger partial charge in [0.15, 0.2) is 0 Å². The molecule has 0 spiro atoms. The molecule has 0 fully saturated rings. The predicted octanol–water partition coefficient (Wildman–Crippen LogP) is 3.35. The first-order valence-corrected chi connectivity index (χ1v) is 6.78. The fourth-order valence-corrected chi connectivity index (χ4v) is 2.99. The van der Waals surface area contributed by atoms with Gasteiger partial charge in [-0.25, -0.2) is 0 Å². The number of ether oxygens (including phenoxy) is 3. The van der Waals surface area contributed by atoms with Gasteiger partial charge in [-0.15, -0.1) is 0 Å². The molecule has 0 saturated carbocycles. The summed E-state index contributed by atoms with van der Waals surface area (Å²) in [6.45, 7) is 9.05.